The molecule has 0 saturated carbocycles. The zero-order valence-electron chi connectivity index (χ0n) is 12.6. The number of aromatic hydroxyl groups is 2. The summed E-state index contributed by atoms with van der Waals surface area (Å²) >= 11 is 0. The Balaban J connectivity index is 2.17. The predicted octanol–water partition coefficient (Wildman–Crippen LogP) is 3.77. The van der Waals surface area contributed by atoms with Crippen LogP contribution < -0.4 is 0 Å². The first kappa shape index (κ1) is 15.1. The first-order valence-corrected chi connectivity index (χ1v) is 7.45. The molecule has 0 aliphatic rings. The lowest BCUT2D eigenvalue weighted by Gasteiger charge is -2.21. The van der Waals surface area contributed by atoms with Gasteiger partial charge in [-0.25, -0.2) is 0 Å². The zero-order chi connectivity index (χ0) is 16.2. The van der Waals surface area contributed by atoms with E-state index in [0.717, 1.165) is 22.3 Å². The van der Waals surface area contributed by atoms with Crippen molar-refractivity contribution in [1.29, 1.82) is 0 Å². The number of phenols is 2. The van der Waals surface area contributed by atoms with E-state index in [1.54, 1.807) is 24.3 Å². The van der Waals surface area contributed by atoms with Crippen LogP contribution in [0, 0.1) is 0 Å². The fraction of sp³-hybridized carbons (Fsp3) is 0.100. The second-order valence-corrected chi connectivity index (χ2v) is 5.47. The molecule has 116 valence electrons. The Morgan fingerprint density at radius 2 is 1.13 bits per heavy atom. The fourth-order valence-electron chi connectivity index (χ4n) is 2.84. The number of hydrogen-bond acceptors (Lipinski definition) is 3. The van der Waals surface area contributed by atoms with Gasteiger partial charge < -0.3 is 15.3 Å². The Bertz CT molecular complexity index is 731. The van der Waals surface area contributed by atoms with Crippen LogP contribution in [0.25, 0.3) is 0 Å². The largest absolute Gasteiger partial charge is 0.508 e. The molecule has 0 atom stereocenters. The van der Waals surface area contributed by atoms with E-state index in [0.29, 0.717) is 0 Å². The summed E-state index contributed by atoms with van der Waals surface area (Å²) in [5.74, 6) is 0.349. The average Bonchev–Trinajstić information content (AvgIpc) is 2.59. The smallest absolute Gasteiger partial charge is 0.115 e. The monoisotopic (exact) mass is 306 g/mol. The molecule has 0 aliphatic carbocycles. The number of benzene rings is 3. The van der Waals surface area contributed by atoms with Crippen molar-refractivity contribution in [2.45, 2.75) is 12.5 Å². The number of hydrogen-bond donors (Lipinski definition) is 3. The van der Waals surface area contributed by atoms with E-state index in [4.69, 9.17) is 0 Å². The molecule has 0 heterocycles. The summed E-state index contributed by atoms with van der Waals surface area (Å²) < 4.78 is 0. The second-order valence-electron chi connectivity index (χ2n) is 5.47. The Kier molecular flexibility index (Phi) is 4.31. The summed E-state index contributed by atoms with van der Waals surface area (Å²) in [4.78, 5) is 0. The highest BCUT2D eigenvalue weighted by Crippen LogP contribution is 2.35. The minimum absolute atomic E-state index is 0.0388. The maximum Gasteiger partial charge on any atom is 0.115 e. The number of rotatable bonds is 4. The predicted molar refractivity (Wildman–Crippen MR) is 89.5 cm³/mol. The number of aliphatic hydroxyl groups is 1. The summed E-state index contributed by atoms with van der Waals surface area (Å²) in [5, 5.41) is 28.8. The number of phenolic OH excluding ortho intramolecular Hbond substituents is 2. The van der Waals surface area contributed by atoms with Gasteiger partial charge in [0, 0.05) is 5.92 Å². The van der Waals surface area contributed by atoms with Crippen LogP contribution >= 0.6 is 0 Å². The molecular formula is C20H18O3. The van der Waals surface area contributed by atoms with Gasteiger partial charge in [0.25, 0.3) is 0 Å². The van der Waals surface area contributed by atoms with Gasteiger partial charge >= 0.3 is 0 Å². The number of aliphatic hydroxyl groups excluding tert-OH is 1. The third kappa shape index (κ3) is 3.20. The van der Waals surface area contributed by atoms with Gasteiger partial charge in [-0.2, -0.15) is 0 Å². The van der Waals surface area contributed by atoms with E-state index in [1.165, 1.54) is 0 Å². The lowest BCUT2D eigenvalue weighted by molar-refractivity contribution is 0.280. The van der Waals surface area contributed by atoms with E-state index in [9.17, 15) is 15.3 Å². The van der Waals surface area contributed by atoms with Gasteiger partial charge in [0.05, 0.1) is 6.61 Å². The van der Waals surface area contributed by atoms with E-state index in [2.05, 4.69) is 0 Å². The van der Waals surface area contributed by atoms with Crippen LogP contribution in [0.3, 0.4) is 0 Å². The molecule has 3 rings (SSSR count). The molecule has 3 heteroatoms. The van der Waals surface area contributed by atoms with Crippen LogP contribution in [-0.4, -0.2) is 15.3 Å². The molecule has 0 aliphatic heterocycles. The third-order valence-electron chi connectivity index (χ3n) is 3.99. The molecule has 3 aromatic carbocycles. The van der Waals surface area contributed by atoms with Crippen molar-refractivity contribution in [2.24, 2.45) is 0 Å². The van der Waals surface area contributed by atoms with Crippen LogP contribution in [0.4, 0.5) is 0 Å². The molecule has 0 aromatic heterocycles. The van der Waals surface area contributed by atoms with Crippen molar-refractivity contribution >= 4 is 0 Å². The molecule has 3 N–H and O–H groups in total. The molecule has 0 fully saturated rings. The Labute approximate surface area is 135 Å². The molecule has 0 unspecified atom stereocenters. The standard InChI is InChI=1S/C20H18O3/c21-13-16-3-1-2-4-19(16)20(14-5-9-17(22)10-6-14)15-7-11-18(23)12-8-15/h1-12,20-23H,13H2. The zero-order valence-corrected chi connectivity index (χ0v) is 12.6. The van der Waals surface area contributed by atoms with Crippen molar-refractivity contribution in [2.75, 3.05) is 0 Å². The topological polar surface area (TPSA) is 60.7 Å². The van der Waals surface area contributed by atoms with E-state index < -0.39 is 0 Å². The summed E-state index contributed by atoms with van der Waals surface area (Å²) in [6, 6.07) is 21.9. The van der Waals surface area contributed by atoms with Gasteiger partial charge in [0.1, 0.15) is 11.5 Å². The summed E-state index contributed by atoms with van der Waals surface area (Å²) in [5.41, 5.74) is 3.88. The van der Waals surface area contributed by atoms with Crippen LogP contribution in [0.15, 0.2) is 72.8 Å². The van der Waals surface area contributed by atoms with Crippen molar-refractivity contribution < 1.29 is 15.3 Å². The molecule has 0 bridgehead atoms. The average molecular weight is 306 g/mol. The summed E-state index contributed by atoms with van der Waals surface area (Å²) in [6.45, 7) is -0.0388. The van der Waals surface area contributed by atoms with Crippen molar-refractivity contribution in [3.8, 4) is 11.5 Å². The van der Waals surface area contributed by atoms with Crippen molar-refractivity contribution in [3.63, 3.8) is 0 Å². The van der Waals surface area contributed by atoms with Gasteiger partial charge in [-0.1, -0.05) is 48.5 Å². The Hall–Kier alpha value is -2.78. The Morgan fingerprint density at radius 1 is 0.652 bits per heavy atom. The van der Waals surface area contributed by atoms with Gasteiger partial charge in [-0.05, 0) is 46.5 Å². The molecule has 0 amide bonds. The minimum Gasteiger partial charge on any atom is -0.508 e. The SMILES string of the molecule is OCc1ccccc1C(c1ccc(O)cc1)c1ccc(O)cc1. The highest BCUT2D eigenvalue weighted by molar-refractivity contribution is 5.48. The van der Waals surface area contributed by atoms with Gasteiger partial charge in [-0.3, -0.25) is 0 Å². The van der Waals surface area contributed by atoms with Crippen LogP contribution in [0.2, 0.25) is 0 Å². The van der Waals surface area contributed by atoms with E-state index >= 15 is 0 Å². The molecule has 0 spiro atoms. The van der Waals surface area contributed by atoms with Gasteiger partial charge in [-0.15, -0.1) is 0 Å². The molecule has 0 saturated heterocycles. The molecule has 0 radical (unpaired) electrons. The maximum absolute atomic E-state index is 9.67. The fourth-order valence-corrected chi connectivity index (χ4v) is 2.84. The van der Waals surface area contributed by atoms with Crippen LogP contribution in [0.5, 0.6) is 11.5 Å². The lowest BCUT2D eigenvalue weighted by Crippen LogP contribution is -2.06. The van der Waals surface area contributed by atoms with Crippen LogP contribution in [0.1, 0.15) is 28.2 Å². The lowest BCUT2D eigenvalue weighted by atomic mass is 9.83. The first-order chi connectivity index (χ1) is 11.2. The van der Waals surface area contributed by atoms with Crippen molar-refractivity contribution in [3.05, 3.63) is 95.1 Å². The molecule has 23 heavy (non-hydrogen) atoms. The van der Waals surface area contributed by atoms with E-state index in [1.807, 2.05) is 48.5 Å². The maximum atomic E-state index is 9.67. The third-order valence-corrected chi connectivity index (χ3v) is 3.99. The van der Waals surface area contributed by atoms with Crippen LogP contribution in [-0.2, 0) is 6.61 Å². The summed E-state index contributed by atoms with van der Waals surface area (Å²) in [6.07, 6.45) is 0. The quantitative estimate of drug-likeness (QED) is 0.643. The highest BCUT2D eigenvalue weighted by Gasteiger charge is 2.19. The molecule has 3 aromatic rings. The summed E-state index contributed by atoms with van der Waals surface area (Å²) in [7, 11) is 0. The highest BCUT2D eigenvalue weighted by atomic mass is 16.3. The van der Waals surface area contributed by atoms with Gasteiger partial charge in [0.15, 0.2) is 0 Å². The molecular weight excluding hydrogens is 288 g/mol. The minimum atomic E-state index is -0.0838. The first-order valence-electron chi connectivity index (χ1n) is 7.45. The van der Waals surface area contributed by atoms with Crippen molar-refractivity contribution in [1.82, 2.24) is 0 Å². The van der Waals surface area contributed by atoms with Gasteiger partial charge in [0.2, 0.25) is 0 Å². The second kappa shape index (κ2) is 6.55. The normalized spacial score (nSPS) is 10.9. The van der Waals surface area contributed by atoms with E-state index in [-0.39, 0.29) is 24.0 Å². The molecule has 3 nitrogen and oxygen atoms in total. The Morgan fingerprint density at radius 3 is 1.61 bits per heavy atom.